The van der Waals surface area contributed by atoms with Gasteiger partial charge >= 0.3 is 0 Å². The minimum Gasteiger partial charge on any atom is -0.484 e. The first-order chi connectivity index (χ1) is 17.2. The second-order valence-electron chi connectivity index (χ2n) is 9.06. The monoisotopic (exact) mass is 533 g/mol. The average Bonchev–Trinajstić information content (AvgIpc) is 2.87. The van der Waals surface area contributed by atoms with E-state index in [4.69, 9.17) is 33.7 Å². The van der Waals surface area contributed by atoms with Crippen LogP contribution in [0.5, 0.6) is 5.75 Å². The van der Waals surface area contributed by atoms with Crippen LogP contribution in [0.25, 0.3) is 0 Å². The van der Waals surface area contributed by atoms with Crippen molar-refractivity contribution in [2.24, 2.45) is 5.92 Å². The number of hydrogen-bond acceptors (Lipinski definition) is 4. The van der Waals surface area contributed by atoms with E-state index in [1.54, 1.807) is 14.0 Å². The SMILES string of the molecule is C=CC(=CCCc1ccc(N)c(OC(C)c2c(Cl)ccc(F)c2Cl)c1)C1CCN(CC(=O)NC)CC1. The number of nitrogen functional groups attached to an aromatic ring is 1. The number of amides is 1. The molecule has 2 aromatic carbocycles. The van der Waals surface area contributed by atoms with Crippen molar-refractivity contribution in [1.29, 1.82) is 0 Å². The fourth-order valence-corrected chi connectivity index (χ4v) is 5.21. The molecule has 1 amide bonds. The maximum Gasteiger partial charge on any atom is 0.233 e. The largest absolute Gasteiger partial charge is 0.484 e. The summed E-state index contributed by atoms with van der Waals surface area (Å²) in [5.41, 5.74) is 9.35. The number of aryl methyl sites for hydroxylation is 1. The first kappa shape index (κ1) is 28.0. The predicted octanol–water partition coefficient (Wildman–Crippen LogP) is 6.36. The lowest BCUT2D eigenvalue weighted by Gasteiger charge is -2.32. The molecule has 1 fully saturated rings. The van der Waals surface area contributed by atoms with Gasteiger partial charge < -0.3 is 15.8 Å². The lowest BCUT2D eigenvalue weighted by molar-refractivity contribution is -0.122. The summed E-state index contributed by atoms with van der Waals surface area (Å²) in [5, 5.41) is 2.97. The van der Waals surface area contributed by atoms with Gasteiger partial charge in [-0.05, 0) is 87.0 Å². The molecular weight excluding hydrogens is 500 g/mol. The Balaban J connectivity index is 1.61. The number of rotatable bonds is 10. The number of nitrogens with zero attached hydrogens (tertiary/aromatic N) is 1. The van der Waals surface area contributed by atoms with Gasteiger partial charge in [0.1, 0.15) is 17.7 Å². The number of ether oxygens (including phenoxy) is 1. The molecular formula is C28H34Cl2FN3O2. The Hall–Kier alpha value is -2.54. The van der Waals surface area contributed by atoms with Crippen LogP contribution in [-0.2, 0) is 11.2 Å². The quantitative estimate of drug-likeness (QED) is 0.212. The molecule has 0 aliphatic carbocycles. The van der Waals surface area contributed by atoms with E-state index in [-0.39, 0.29) is 10.9 Å². The number of anilines is 1. The summed E-state index contributed by atoms with van der Waals surface area (Å²) in [4.78, 5) is 13.8. The highest BCUT2D eigenvalue weighted by Crippen LogP contribution is 2.36. The highest BCUT2D eigenvalue weighted by Gasteiger charge is 2.22. The lowest BCUT2D eigenvalue weighted by Crippen LogP contribution is -2.40. The van der Waals surface area contributed by atoms with Crippen LogP contribution < -0.4 is 15.8 Å². The predicted molar refractivity (Wildman–Crippen MR) is 146 cm³/mol. The van der Waals surface area contributed by atoms with E-state index in [2.05, 4.69) is 22.9 Å². The molecule has 1 aliphatic heterocycles. The highest BCUT2D eigenvalue weighted by molar-refractivity contribution is 6.36. The zero-order chi connectivity index (χ0) is 26.2. The van der Waals surface area contributed by atoms with Crippen LogP contribution in [-0.4, -0.2) is 37.5 Å². The van der Waals surface area contributed by atoms with Gasteiger partial charge in [0.25, 0.3) is 0 Å². The Morgan fingerprint density at radius 3 is 2.69 bits per heavy atom. The number of hydrogen-bond donors (Lipinski definition) is 2. The van der Waals surface area contributed by atoms with E-state index in [1.165, 1.54) is 17.7 Å². The van der Waals surface area contributed by atoms with Crippen LogP contribution in [0.2, 0.25) is 10.0 Å². The summed E-state index contributed by atoms with van der Waals surface area (Å²) < 4.78 is 20.0. The molecule has 8 heteroatoms. The Labute approximate surface area is 223 Å². The molecule has 1 saturated heterocycles. The summed E-state index contributed by atoms with van der Waals surface area (Å²) >= 11 is 12.4. The van der Waals surface area contributed by atoms with Gasteiger partial charge in [0.05, 0.1) is 17.3 Å². The van der Waals surface area contributed by atoms with Crippen molar-refractivity contribution in [2.75, 3.05) is 32.4 Å². The molecule has 3 rings (SSSR count). The molecule has 0 radical (unpaired) electrons. The van der Waals surface area contributed by atoms with Gasteiger partial charge in [-0.15, -0.1) is 0 Å². The first-order valence-electron chi connectivity index (χ1n) is 12.2. The summed E-state index contributed by atoms with van der Waals surface area (Å²) in [5.74, 6) is 0.467. The molecule has 1 unspecified atom stereocenters. The van der Waals surface area contributed by atoms with Gasteiger partial charge in [-0.1, -0.05) is 48.0 Å². The van der Waals surface area contributed by atoms with Crippen LogP contribution in [0, 0.1) is 11.7 Å². The molecule has 0 bridgehead atoms. The van der Waals surface area contributed by atoms with E-state index >= 15 is 0 Å². The number of carbonyl (C=O) groups is 1. The minimum atomic E-state index is -0.584. The number of benzene rings is 2. The second-order valence-corrected chi connectivity index (χ2v) is 9.84. The van der Waals surface area contributed by atoms with Gasteiger partial charge in [0.2, 0.25) is 5.91 Å². The van der Waals surface area contributed by atoms with Crippen LogP contribution in [0.3, 0.4) is 0 Å². The maximum atomic E-state index is 14.0. The first-order valence-corrected chi connectivity index (χ1v) is 12.9. The number of halogens is 3. The van der Waals surface area contributed by atoms with Crippen LogP contribution in [0.4, 0.5) is 10.1 Å². The summed E-state index contributed by atoms with van der Waals surface area (Å²) in [6.07, 6.45) is 7.29. The highest BCUT2D eigenvalue weighted by atomic mass is 35.5. The topological polar surface area (TPSA) is 67.6 Å². The van der Waals surface area contributed by atoms with Gasteiger partial charge in [-0.25, -0.2) is 4.39 Å². The lowest BCUT2D eigenvalue weighted by atomic mass is 9.88. The Morgan fingerprint density at radius 1 is 1.31 bits per heavy atom. The maximum absolute atomic E-state index is 14.0. The van der Waals surface area contributed by atoms with Crippen molar-refractivity contribution < 1.29 is 13.9 Å². The molecule has 5 nitrogen and oxygen atoms in total. The number of allylic oxidation sites excluding steroid dienone is 3. The van der Waals surface area contributed by atoms with Gasteiger partial charge in [0, 0.05) is 17.6 Å². The van der Waals surface area contributed by atoms with E-state index < -0.39 is 11.9 Å². The molecule has 36 heavy (non-hydrogen) atoms. The molecule has 2 aromatic rings. The minimum absolute atomic E-state index is 0.0497. The molecule has 0 saturated carbocycles. The zero-order valence-corrected chi connectivity index (χ0v) is 22.3. The number of likely N-dealkylation sites (tertiary alicyclic amines) is 1. The molecule has 3 N–H and O–H groups in total. The summed E-state index contributed by atoms with van der Waals surface area (Å²) in [6.45, 7) is 8.04. The van der Waals surface area contributed by atoms with Crippen LogP contribution in [0.15, 0.2) is 54.6 Å². The average molecular weight is 535 g/mol. The Kier molecular flexibility index (Phi) is 10.2. The number of carbonyl (C=O) groups excluding carboxylic acids is 1. The van der Waals surface area contributed by atoms with E-state index in [9.17, 15) is 9.18 Å². The Bertz CT molecular complexity index is 1110. The third-order valence-corrected chi connectivity index (χ3v) is 7.34. The fourth-order valence-electron chi connectivity index (χ4n) is 4.53. The smallest absolute Gasteiger partial charge is 0.233 e. The van der Waals surface area contributed by atoms with Crippen molar-refractivity contribution in [3.8, 4) is 5.75 Å². The second kappa shape index (κ2) is 13.1. The number of nitrogens with one attached hydrogen (secondary N) is 1. The molecule has 1 aliphatic rings. The standard InChI is InChI=1S/C28H34Cl2FN3O2/c1-4-20(21-12-14-34(15-13-21)17-26(35)33-3)7-5-6-19-8-11-24(32)25(16-19)36-18(2)27-22(29)9-10-23(31)28(27)30/h4,7-11,16,18,21H,1,5-6,12-15,17,32H2,2-3H3,(H,33,35). The molecule has 1 atom stereocenters. The van der Waals surface area contributed by atoms with E-state index in [0.717, 1.165) is 44.3 Å². The van der Waals surface area contributed by atoms with Gasteiger partial charge in [-0.2, -0.15) is 0 Å². The molecule has 194 valence electrons. The van der Waals surface area contributed by atoms with Crippen molar-refractivity contribution in [3.63, 3.8) is 0 Å². The molecule has 1 heterocycles. The van der Waals surface area contributed by atoms with Crippen LogP contribution in [0.1, 0.15) is 43.4 Å². The van der Waals surface area contributed by atoms with E-state index in [1.807, 2.05) is 24.3 Å². The third-order valence-electron chi connectivity index (χ3n) is 6.62. The third kappa shape index (κ3) is 7.25. The van der Waals surface area contributed by atoms with E-state index in [0.29, 0.717) is 34.5 Å². The van der Waals surface area contributed by atoms with Crippen molar-refractivity contribution in [3.05, 3.63) is 81.6 Å². The number of likely N-dealkylation sites (N-methyl/N-ethyl adjacent to an activating group) is 1. The number of piperidine rings is 1. The van der Waals surface area contributed by atoms with Crippen LogP contribution >= 0.6 is 23.2 Å². The zero-order valence-electron chi connectivity index (χ0n) is 20.8. The fraction of sp³-hybridized carbons (Fsp3) is 0.393. The van der Waals surface area contributed by atoms with Crippen molar-refractivity contribution >= 4 is 34.8 Å². The molecule has 0 spiro atoms. The normalized spacial score (nSPS) is 16.0. The number of nitrogens with two attached hydrogens (primary N) is 1. The summed E-state index contributed by atoms with van der Waals surface area (Å²) in [7, 11) is 1.67. The van der Waals surface area contributed by atoms with Gasteiger partial charge in [0.15, 0.2) is 0 Å². The van der Waals surface area contributed by atoms with Crippen molar-refractivity contribution in [2.45, 2.75) is 38.7 Å². The van der Waals surface area contributed by atoms with Gasteiger partial charge in [-0.3, -0.25) is 9.69 Å². The van der Waals surface area contributed by atoms with Crippen molar-refractivity contribution in [1.82, 2.24) is 10.2 Å². The summed E-state index contributed by atoms with van der Waals surface area (Å²) in [6, 6.07) is 8.40. The Morgan fingerprint density at radius 2 is 2.03 bits per heavy atom. The molecule has 0 aromatic heterocycles.